The van der Waals surface area contributed by atoms with Crippen molar-refractivity contribution in [3.8, 4) is 0 Å². The summed E-state index contributed by atoms with van der Waals surface area (Å²) in [4.78, 5) is 39.2. The molecule has 0 bridgehead atoms. The van der Waals surface area contributed by atoms with E-state index in [9.17, 15) is 14.4 Å². The Labute approximate surface area is 126 Å². The van der Waals surface area contributed by atoms with Crippen LogP contribution >= 0.6 is 0 Å². The van der Waals surface area contributed by atoms with E-state index in [0.29, 0.717) is 18.7 Å². The van der Waals surface area contributed by atoms with Crippen LogP contribution in [0.25, 0.3) is 10.9 Å². The molecule has 22 heavy (non-hydrogen) atoms. The Morgan fingerprint density at radius 1 is 1.36 bits per heavy atom. The quantitative estimate of drug-likeness (QED) is 0.786. The van der Waals surface area contributed by atoms with Gasteiger partial charge in [-0.15, -0.1) is 0 Å². The average molecular weight is 300 g/mol. The number of imide groups is 1. The molecule has 0 saturated carbocycles. The first kappa shape index (κ1) is 14.1. The van der Waals surface area contributed by atoms with E-state index >= 15 is 0 Å². The molecule has 1 aliphatic heterocycles. The van der Waals surface area contributed by atoms with Crippen LogP contribution in [0.5, 0.6) is 0 Å². The number of anilines is 1. The Morgan fingerprint density at radius 3 is 2.91 bits per heavy atom. The van der Waals surface area contributed by atoms with Crippen LogP contribution in [0.2, 0.25) is 0 Å². The van der Waals surface area contributed by atoms with Crippen molar-refractivity contribution in [3.63, 3.8) is 0 Å². The summed E-state index contributed by atoms with van der Waals surface area (Å²) >= 11 is 0. The van der Waals surface area contributed by atoms with Crippen LogP contribution in [-0.4, -0.2) is 36.4 Å². The molecule has 1 fully saturated rings. The number of fused-ring (bicyclic) bond motifs is 1. The van der Waals surface area contributed by atoms with Crippen molar-refractivity contribution in [2.75, 3.05) is 18.5 Å². The molecule has 2 heterocycles. The van der Waals surface area contributed by atoms with Crippen LogP contribution < -0.4 is 15.5 Å². The third-order valence-electron chi connectivity index (χ3n) is 3.75. The number of rotatable bonds is 3. The molecule has 0 spiro atoms. The molecule has 7 nitrogen and oxygen atoms in total. The van der Waals surface area contributed by atoms with Crippen LogP contribution in [-0.2, 0) is 16.0 Å². The first-order chi connectivity index (χ1) is 10.6. The summed E-state index contributed by atoms with van der Waals surface area (Å²) in [6.07, 6.45) is 2.38. The molecule has 1 aromatic heterocycles. The van der Waals surface area contributed by atoms with Gasteiger partial charge >= 0.3 is 6.03 Å². The topological polar surface area (TPSA) is 94.3 Å². The van der Waals surface area contributed by atoms with Crippen LogP contribution in [0.1, 0.15) is 12.0 Å². The van der Waals surface area contributed by atoms with Crippen molar-refractivity contribution in [2.24, 2.45) is 0 Å². The number of carbonyl (C=O) groups excluding carboxylic acids is 3. The number of hydrogen-bond donors (Lipinski definition) is 3. The number of H-pyrrole nitrogens is 1. The van der Waals surface area contributed by atoms with Gasteiger partial charge in [-0.1, -0.05) is 6.07 Å². The fourth-order valence-electron chi connectivity index (χ4n) is 2.56. The van der Waals surface area contributed by atoms with E-state index in [1.54, 1.807) is 13.2 Å². The molecule has 0 aliphatic carbocycles. The van der Waals surface area contributed by atoms with Crippen molar-refractivity contribution < 1.29 is 14.4 Å². The fraction of sp³-hybridized carbons (Fsp3) is 0.267. The van der Waals surface area contributed by atoms with Gasteiger partial charge in [0.15, 0.2) is 0 Å². The molecule has 3 rings (SSSR count). The summed E-state index contributed by atoms with van der Waals surface area (Å²) < 4.78 is 0. The summed E-state index contributed by atoms with van der Waals surface area (Å²) in [5.74, 6) is -0.311. The van der Waals surface area contributed by atoms with E-state index in [0.717, 1.165) is 16.5 Å². The molecule has 4 amide bonds. The largest absolute Gasteiger partial charge is 0.361 e. The summed E-state index contributed by atoms with van der Waals surface area (Å²) in [6.45, 7) is 0.363. The van der Waals surface area contributed by atoms with Crippen LogP contribution in [0, 0.1) is 0 Å². The number of hydrogen-bond acceptors (Lipinski definition) is 3. The highest BCUT2D eigenvalue weighted by Gasteiger charge is 2.24. The normalized spacial score (nSPS) is 15.0. The highest BCUT2D eigenvalue weighted by Crippen LogP contribution is 2.25. The van der Waals surface area contributed by atoms with E-state index < -0.39 is 6.03 Å². The lowest BCUT2D eigenvalue weighted by atomic mass is 10.1. The Morgan fingerprint density at radius 2 is 2.18 bits per heavy atom. The summed E-state index contributed by atoms with van der Waals surface area (Å²) in [6, 6.07) is 5.13. The van der Waals surface area contributed by atoms with Gasteiger partial charge in [0, 0.05) is 42.8 Å². The molecule has 0 radical (unpaired) electrons. The Hall–Kier alpha value is -2.83. The van der Waals surface area contributed by atoms with E-state index in [4.69, 9.17) is 0 Å². The Kier molecular flexibility index (Phi) is 3.54. The Bertz CT molecular complexity index is 765. The van der Waals surface area contributed by atoms with E-state index in [2.05, 4.69) is 15.6 Å². The number of nitrogens with zero attached hydrogens (tertiary/aromatic N) is 1. The lowest BCUT2D eigenvalue weighted by Gasteiger charge is -2.26. The number of carbonyl (C=O) groups is 3. The predicted molar refractivity (Wildman–Crippen MR) is 81.6 cm³/mol. The maximum absolute atomic E-state index is 11.9. The smallest absolute Gasteiger partial charge is 0.328 e. The van der Waals surface area contributed by atoms with E-state index in [1.165, 1.54) is 4.90 Å². The minimum atomic E-state index is -0.409. The zero-order chi connectivity index (χ0) is 15.7. The SMILES string of the molecule is CNC(=O)Cc1c[nH]c2cc(N3CCC(=O)NC3=O)ccc12. The van der Waals surface area contributed by atoms with E-state index in [-0.39, 0.29) is 18.2 Å². The van der Waals surface area contributed by atoms with Gasteiger partial charge in [0.2, 0.25) is 11.8 Å². The minimum Gasteiger partial charge on any atom is -0.361 e. The molecule has 1 saturated heterocycles. The third kappa shape index (κ3) is 2.52. The molecular weight excluding hydrogens is 284 g/mol. The van der Waals surface area contributed by atoms with Gasteiger partial charge in [-0.2, -0.15) is 0 Å². The number of nitrogens with one attached hydrogen (secondary N) is 3. The van der Waals surface area contributed by atoms with E-state index in [1.807, 2.05) is 18.2 Å². The van der Waals surface area contributed by atoms with Crippen LogP contribution in [0.3, 0.4) is 0 Å². The standard InChI is InChI=1S/C15H16N4O3/c1-16-14(21)6-9-8-17-12-7-10(2-3-11(9)12)19-5-4-13(20)18-15(19)22/h2-3,7-8,17H,4-6H2,1H3,(H,16,21)(H,18,20,22). The highest BCUT2D eigenvalue weighted by molar-refractivity contribution is 6.06. The van der Waals surface area contributed by atoms with Gasteiger partial charge in [-0.25, -0.2) is 4.79 Å². The van der Waals surface area contributed by atoms with Gasteiger partial charge in [0.05, 0.1) is 6.42 Å². The number of amides is 4. The summed E-state index contributed by atoms with van der Waals surface area (Å²) in [5, 5.41) is 5.84. The summed E-state index contributed by atoms with van der Waals surface area (Å²) in [7, 11) is 1.60. The minimum absolute atomic E-state index is 0.0566. The number of urea groups is 1. The maximum atomic E-state index is 11.9. The third-order valence-corrected chi connectivity index (χ3v) is 3.75. The van der Waals surface area contributed by atoms with Gasteiger partial charge in [0.1, 0.15) is 0 Å². The lowest BCUT2D eigenvalue weighted by Crippen LogP contribution is -2.49. The van der Waals surface area contributed by atoms with Crippen molar-refractivity contribution in [3.05, 3.63) is 30.0 Å². The van der Waals surface area contributed by atoms with Crippen LogP contribution in [0.4, 0.5) is 10.5 Å². The molecule has 1 aromatic carbocycles. The van der Waals surface area contributed by atoms with Crippen molar-refractivity contribution in [2.45, 2.75) is 12.8 Å². The molecule has 2 aromatic rings. The van der Waals surface area contributed by atoms with Crippen LogP contribution in [0.15, 0.2) is 24.4 Å². The highest BCUT2D eigenvalue weighted by atomic mass is 16.2. The molecule has 0 atom stereocenters. The van der Waals surface area contributed by atoms with Gasteiger partial charge in [0.25, 0.3) is 0 Å². The molecule has 7 heteroatoms. The average Bonchev–Trinajstić information content (AvgIpc) is 2.89. The predicted octanol–water partition coefficient (Wildman–Crippen LogP) is 0.903. The monoisotopic (exact) mass is 300 g/mol. The second kappa shape index (κ2) is 5.51. The van der Waals surface area contributed by atoms with Gasteiger partial charge < -0.3 is 10.3 Å². The summed E-state index contributed by atoms with van der Waals surface area (Å²) in [5.41, 5.74) is 2.46. The fourth-order valence-corrected chi connectivity index (χ4v) is 2.56. The maximum Gasteiger partial charge on any atom is 0.328 e. The van der Waals surface area contributed by atoms with Crippen molar-refractivity contribution in [1.82, 2.24) is 15.6 Å². The van der Waals surface area contributed by atoms with Gasteiger partial charge in [-0.3, -0.25) is 19.8 Å². The number of benzene rings is 1. The zero-order valence-corrected chi connectivity index (χ0v) is 12.1. The molecule has 114 valence electrons. The zero-order valence-electron chi connectivity index (χ0n) is 12.1. The molecule has 3 N–H and O–H groups in total. The van der Waals surface area contributed by atoms with Crippen molar-refractivity contribution >= 4 is 34.4 Å². The van der Waals surface area contributed by atoms with Gasteiger partial charge in [-0.05, 0) is 17.7 Å². The first-order valence-electron chi connectivity index (χ1n) is 7.00. The number of aromatic nitrogens is 1. The number of likely N-dealkylation sites (N-methyl/N-ethyl adjacent to an activating group) is 1. The Balaban J connectivity index is 1.89. The second-order valence-electron chi connectivity index (χ2n) is 5.15. The second-order valence-corrected chi connectivity index (χ2v) is 5.15. The molecular formula is C15H16N4O3. The first-order valence-corrected chi connectivity index (χ1v) is 7.00. The van der Waals surface area contributed by atoms with Crippen molar-refractivity contribution in [1.29, 1.82) is 0 Å². The number of aromatic amines is 1. The lowest BCUT2D eigenvalue weighted by molar-refractivity contribution is -0.121. The molecule has 0 unspecified atom stereocenters. The molecule has 1 aliphatic rings.